The molecule has 1 aromatic rings. The van der Waals surface area contributed by atoms with E-state index >= 15 is 0 Å². The van der Waals surface area contributed by atoms with E-state index in [0.29, 0.717) is 36.4 Å². The maximum Gasteiger partial charge on any atom is 0.248 e. The quantitative estimate of drug-likeness (QED) is 0.774. The van der Waals surface area contributed by atoms with Crippen LogP contribution in [-0.2, 0) is 0 Å². The van der Waals surface area contributed by atoms with Crippen molar-refractivity contribution in [1.29, 1.82) is 0 Å². The number of rotatable bonds is 4. The molecular formula is C15H21BNO2. The maximum atomic E-state index is 11.9. The van der Waals surface area contributed by atoms with Crippen LogP contribution in [0, 0.1) is 0 Å². The Balaban J connectivity index is 2.22. The predicted octanol–water partition coefficient (Wildman–Crippen LogP) is 2.02. The molecule has 1 aliphatic heterocycles. The van der Waals surface area contributed by atoms with Crippen molar-refractivity contribution in [3.8, 4) is 5.75 Å². The fraction of sp³-hybridized carbons (Fsp3) is 0.533. The molecule has 0 aliphatic carbocycles. The number of nitrogens with zero attached hydrogens (tertiary/aromatic N) is 1. The van der Waals surface area contributed by atoms with Crippen molar-refractivity contribution in [2.45, 2.75) is 46.2 Å². The Kier molecular flexibility index (Phi) is 4.30. The van der Waals surface area contributed by atoms with Crippen molar-refractivity contribution in [2.75, 3.05) is 6.61 Å². The number of ether oxygens (including phenoxy) is 1. The summed E-state index contributed by atoms with van der Waals surface area (Å²) in [6.07, 6.45) is 0.481. The van der Waals surface area contributed by atoms with Crippen LogP contribution in [0.4, 0.5) is 0 Å². The third-order valence-corrected chi connectivity index (χ3v) is 3.38. The minimum Gasteiger partial charge on any atom is -0.492 e. The Labute approximate surface area is 116 Å². The summed E-state index contributed by atoms with van der Waals surface area (Å²) in [6.45, 7) is 9.18. The number of hydrogen-bond donors (Lipinski definition) is 0. The molecule has 0 N–H and O–H groups in total. The summed E-state index contributed by atoms with van der Waals surface area (Å²) < 4.78 is 5.50. The lowest BCUT2D eigenvalue weighted by molar-refractivity contribution is 0.0933. The van der Waals surface area contributed by atoms with Gasteiger partial charge in [0, 0.05) is 6.42 Å². The van der Waals surface area contributed by atoms with Gasteiger partial charge in [-0.3, -0.25) is 4.79 Å². The molecule has 0 atom stereocenters. The summed E-state index contributed by atoms with van der Waals surface area (Å²) in [5.41, 5.74) is 1.77. The second-order valence-corrected chi connectivity index (χ2v) is 5.54. The van der Waals surface area contributed by atoms with E-state index in [1.807, 2.05) is 18.2 Å². The van der Waals surface area contributed by atoms with Crippen LogP contribution in [0.1, 0.15) is 44.5 Å². The van der Waals surface area contributed by atoms with Gasteiger partial charge in [0.2, 0.25) is 7.41 Å². The van der Waals surface area contributed by atoms with Gasteiger partial charge in [-0.25, -0.2) is 0 Å². The van der Waals surface area contributed by atoms with Gasteiger partial charge in [0.1, 0.15) is 5.75 Å². The van der Waals surface area contributed by atoms with Crippen LogP contribution in [0.15, 0.2) is 18.2 Å². The molecule has 0 unspecified atom stereocenters. The summed E-state index contributed by atoms with van der Waals surface area (Å²) in [6, 6.07) is 6.71. The zero-order valence-electron chi connectivity index (χ0n) is 12.1. The monoisotopic (exact) mass is 258 g/mol. The van der Waals surface area contributed by atoms with Crippen molar-refractivity contribution in [3.05, 3.63) is 23.8 Å². The van der Waals surface area contributed by atoms with Gasteiger partial charge in [-0.2, -0.15) is 0 Å². The Bertz CT molecular complexity index is 463. The first-order valence-corrected chi connectivity index (χ1v) is 6.91. The van der Waals surface area contributed by atoms with E-state index in [1.165, 1.54) is 0 Å². The van der Waals surface area contributed by atoms with Gasteiger partial charge in [-0.1, -0.05) is 45.3 Å². The lowest BCUT2D eigenvalue weighted by Gasteiger charge is -2.30. The average molecular weight is 258 g/mol. The van der Waals surface area contributed by atoms with Crippen LogP contribution in [-0.4, -0.2) is 36.7 Å². The van der Waals surface area contributed by atoms with Gasteiger partial charge >= 0.3 is 0 Å². The smallest absolute Gasteiger partial charge is 0.248 e. The summed E-state index contributed by atoms with van der Waals surface area (Å²) >= 11 is 0. The number of carbonyl (C=O) groups is 1. The SMILES string of the molecule is CC(C)N([B]c1ccc2c(c1)C(=O)CCO2)C(C)C. The molecule has 4 heteroatoms. The van der Waals surface area contributed by atoms with Crippen LogP contribution in [0.5, 0.6) is 5.75 Å². The number of hydrogen-bond acceptors (Lipinski definition) is 3. The van der Waals surface area contributed by atoms with Gasteiger partial charge in [-0.15, -0.1) is 0 Å². The molecule has 0 aromatic heterocycles. The minimum absolute atomic E-state index is 0.178. The summed E-state index contributed by atoms with van der Waals surface area (Å²) in [5.74, 6) is 0.895. The molecule has 1 aliphatic rings. The van der Waals surface area contributed by atoms with Crippen LogP contribution in [0.2, 0.25) is 0 Å². The standard InChI is InChI=1S/C15H21BNO2/c1-10(2)17(11(3)4)16-12-5-6-15-13(9-12)14(18)7-8-19-15/h5-6,9-11H,7-8H2,1-4H3. The highest BCUT2D eigenvalue weighted by molar-refractivity contribution is 6.51. The molecule has 101 valence electrons. The minimum atomic E-state index is 0.178. The number of ketones is 1. The highest BCUT2D eigenvalue weighted by atomic mass is 16.5. The molecular weight excluding hydrogens is 237 g/mol. The van der Waals surface area contributed by atoms with E-state index in [2.05, 4.69) is 39.9 Å². The van der Waals surface area contributed by atoms with Crippen LogP contribution >= 0.6 is 0 Å². The Hall–Kier alpha value is -1.29. The molecule has 1 heterocycles. The number of Topliss-reactive ketones (excluding diaryl/α,β-unsaturated/α-hetero) is 1. The van der Waals surface area contributed by atoms with E-state index in [1.54, 1.807) is 0 Å². The zero-order chi connectivity index (χ0) is 14.0. The highest BCUT2D eigenvalue weighted by Crippen LogP contribution is 2.23. The molecule has 2 rings (SSSR count). The van der Waals surface area contributed by atoms with Gasteiger partial charge in [-0.05, 0) is 18.2 Å². The largest absolute Gasteiger partial charge is 0.492 e. The molecule has 0 fully saturated rings. The normalized spacial score (nSPS) is 14.8. The van der Waals surface area contributed by atoms with Crippen molar-refractivity contribution < 1.29 is 9.53 Å². The number of benzene rings is 1. The highest BCUT2D eigenvalue weighted by Gasteiger charge is 2.21. The molecule has 0 saturated carbocycles. The fourth-order valence-corrected chi connectivity index (χ4v) is 2.43. The third kappa shape index (κ3) is 3.18. The van der Waals surface area contributed by atoms with Crippen LogP contribution in [0.25, 0.3) is 0 Å². The van der Waals surface area contributed by atoms with E-state index in [0.717, 1.165) is 5.46 Å². The lowest BCUT2D eigenvalue weighted by Crippen LogP contribution is -2.45. The first-order chi connectivity index (χ1) is 8.99. The predicted molar refractivity (Wildman–Crippen MR) is 78.4 cm³/mol. The van der Waals surface area contributed by atoms with E-state index in [9.17, 15) is 4.79 Å². The Morgan fingerprint density at radius 1 is 1.21 bits per heavy atom. The van der Waals surface area contributed by atoms with E-state index in [-0.39, 0.29) is 5.78 Å². The zero-order valence-corrected chi connectivity index (χ0v) is 12.1. The van der Waals surface area contributed by atoms with Crippen molar-refractivity contribution in [1.82, 2.24) is 4.81 Å². The molecule has 19 heavy (non-hydrogen) atoms. The first kappa shape index (κ1) is 14.1. The molecule has 1 radical (unpaired) electrons. The molecule has 0 saturated heterocycles. The number of carbonyl (C=O) groups excluding carboxylic acids is 1. The van der Waals surface area contributed by atoms with E-state index < -0.39 is 0 Å². The second-order valence-electron chi connectivity index (χ2n) is 5.54. The average Bonchev–Trinajstić information content (AvgIpc) is 2.36. The van der Waals surface area contributed by atoms with Crippen LogP contribution < -0.4 is 10.2 Å². The van der Waals surface area contributed by atoms with Gasteiger partial charge in [0.15, 0.2) is 5.78 Å². The Morgan fingerprint density at radius 2 is 1.89 bits per heavy atom. The topological polar surface area (TPSA) is 29.5 Å². The lowest BCUT2D eigenvalue weighted by atomic mass is 9.77. The fourth-order valence-electron chi connectivity index (χ4n) is 2.43. The van der Waals surface area contributed by atoms with E-state index in [4.69, 9.17) is 4.74 Å². The van der Waals surface area contributed by atoms with Gasteiger partial charge in [0.05, 0.1) is 12.2 Å². The molecule has 0 bridgehead atoms. The first-order valence-electron chi connectivity index (χ1n) is 6.91. The van der Waals surface area contributed by atoms with Gasteiger partial charge in [0.25, 0.3) is 0 Å². The Morgan fingerprint density at radius 3 is 2.53 bits per heavy atom. The maximum absolute atomic E-state index is 11.9. The molecule has 0 spiro atoms. The second kappa shape index (κ2) is 5.78. The number of fused-ring (bicyclic) bond motifs is 1. The van der Waals surface area contributed by atoms with Gasteiger partial charge < -0.3 is 9.55 Å². The van der Waals surface area contributed by atoms with Crippen LogP contribution in [0.3, 0.4) is 0 Å². The van der Waals surface area contributed by atoms with Crippen molar-refractivity contribution >= 4 is 18.7 Å². The molecule has 0 amide bonds. The summed E-state index contributed by atoms with van der Waals surface area (Å²) in [5, 5.41) is 0. The van der Waals surface area contributed by atoms with Crippen molar-refractivity contribution in [2.24, 2.45) is 0 Å². The summed E-state index contributed by atoms with van der Waals surface area (Å²) in [7, 11) is 2.12. The third-order valence-electron chi connectivity index (χ3n) is 3.38. The molecule has 1 aromatic carbocycles. The summed E-state index contributed by atoms with van der Waals surface area (Å²) in [4.78, 5) is 14.2. The van der Waals surface area contributed by atoms with Crippen molar-refractivity contribution in [3.63, 3.8) is 0 Å². The molecule has 3 nitrogen and oxygen atoms in total.